The number of ether oxygens (including phenoxy) is 2. The van der Waals surface area contributed by atoms with E-state index in [1.165, 1.54) is 5.56 Å². The summed E-state index contributed by atoms with van der Waals surface area (Å²) in [6.07, 6.45) is 3.31. The Morgan fingerprint density at radius 3 is 2.58 bits per heavy atom. The first-order chi connectivity index (χ1) is 11.6. The molecule has 0 fully saturated rings. The van der Waals surface area contributed by atoms with Crippen molar-refractivity contribution in [3.8, 4) is 11.5 Å². The number of benzene rings is 2. The van der Waals surface area contributed by atoms with Gasteiger partial charge in [0, 0.05) is 16.9 Å². The summed E-state index contributed by atoms with van der Waals surface area (Å²) in [7, 11) is 0. The summed E-state index contributed by atoms with van der Waals surface area (Å²) in [6.45, 7) is 4.24. The second kappa shape index (κ2) is 9.14. The van der Waals surface area contributed by atoms with Crippen LogP contribution in [-0.4, -0.2) is 12.2 Å². The van der Waals surface area contributed by atoms with E-state index < -0.39 is 0 Å². The van der Waals surface area contributed by atoms with Crippen LogP contribution in [0.5, 0.6) is 11.5 Å². The normalized spacial score (nSPS) is 10.5. The van der Waals surface area contributed by atoms with Gasteiger partial charge in [-0.05, 0) is 58.4 Å². The van der Waals surface area contributed by atoms with Gasteiger partial charge in [0.25, 0.3) is 0 Å². The number of hydrogen-bond donors (Lipinski definition) is 0. The fourth-order valence-corrected chi connectivity index (χ4v) is 3.36. The predicted molar refractivity (Wildman–Crippen MR) is 102 cm³/mol. The zero-order valence-electron chi connectivity index (χ0n) is 14.1. The van der Waals surface area contributed by atoms with Crippen molar-refractivity contribution in [2.24, 2.45) is 0 Å². The van der Waals surface area contributed by atoms with Crippen molar-refractivity contribution in [3.05, 3.63) is 52.0 Å². The molecule has 0 bridgehead atoms. The van der Waals surface area contributed by atoms with E-state index in [1.807, 2.05) is 24.5 Å². The van der Waals surface area contributed by atoms with Crippen LogP contribution in [0.3, 0.4) is 0 Å². The van der Waals surface area contributed by atoms with Crippen molar-refractivity contribution in [2.45, 2.75) is 38.2 Å². The molecule has 2 rings (SSSR count). The number of carbonyl (C=O) groups excluding carboxylic acids is 1. The molecule has 0 aliphatic carbocycles. The van der Waals surface area contributed by atoms with Crippen molar-refractivity contribution < 1.29 is 14.3 Å². The lowest BCUT2D eigenvalue weighted by atomic mass is 10.1. The summed E-state index contributed by atoms with van der Waals surface area (Å²) >= 11 is 5.16. The molecule has 0 N–H and O–H groups in total. The molecule has 2 aromatic carbocycles. The number of hydrogen-bond acceptors (Lipinski definition) is 4. The molecule has 24 heavy (non-hydrogen) atoms. The van der Waals surface area contributed by atoms with E-state index in [4.69, 9.17) is 9.47 Å². The largest absolute Gasteiger partial charge is 0.488 e. The second-order valence-electron chi connectivity index (χ2n) is 5.17. The van der Waals surface area contributed by atoms with Gasteiger partial charge in [-0.2, -0.15) is 0 Å². The van der Waals surface area contributed by atoms with Crippen LogP contribution in [0.1, 0.15) is 31.4 Å². The van der Waals surface area contributed by atoms with E-state index in [2.05, 4.69) is 35.0 Å². The smallest absolute Gasteiger partial charge is 0.310 e. The molecule has 0 unspecified atom stereocenters. The molecule has 0 saturated heterocycles. The van der Waals surface area contributed by atoms with E-state index in [-0.39, 0.29) is 5.97 Å². The maximum atomic E-state index is 11.7. The van der Waals surface area contributed by atoms with Crippen molar-refractivity contribution >= 4 is 33.7 Å². The molecule has 0 aliphatic heterocycles. The number of aryl methyl sites for hydroxylation is 1. The minimum Gasteiger partial charge on any atom is -0.488 e. The molecule has 3 nitrogen and oxygen atoms in total. The van der Waals surface area contributed by atoms with E-state index in [1.54, 1.807) is 24.8 Å². The molecule has 0 spiro atoms. The predicted octanol–water partition coefficient (Wildman–Crippen LogP) is 5.63. The second-order valence-corrected chi connectivity index (χ2v) is 6.87. The quantitative estimate of drug-likeness (QED) is 0.337. The molecule has 5 heteroatoms. The van der Waals surface area contributed by atoms with Gasteiger partial charge in [0.05, 0.1) is 4.47 Å². The van der Waals surface area contributed by atoms with Crippen molar-refractivity contribution in [1.29, 1.82) is 0 Å². The Morgan fingerprint density at radius 2 is 1.96 bits per heavy atom. The highest BCUT2D eigenvalue weighted by molar-refractivity contribution is 9.10. The molecule has 0 aliphatic rings. The minimum absolute atomic E-state index is 0.247. The Morgan fingerprint density at radius 1 is 1.17 bits per heavy atom. The highest BCUT2D eigenvalue weighted by atomic mass is 79.9. The van der Waals surface area contributed by atoms with Crippen LogP contribution < -0.4 is 9.47 Å². The molecule has 128 valence electrons. The summed E-state index contributed by atoms with van der Waals surface area (Å²) < 4.78 is 12.3. The fraction of sp³-hybridized carbons (Fsp3) is 0.316. The van der Waals surface area contributed by atoms with E-state index in [9.17, 15) is 4.79 Å². The van der Waals surface area contributed by atoms with E-state index in [0.29, 0.717) is 18.8 Å². The third-order valence-corrected chi connectivity index (χ3v) is 5.04. The molecule has 0 saturated carbocycles. The zero-order valence-corrected chi connectivity index (χ0v) is 16.5. The molecule has 0 aromatic heterocycles. The average molecular weight is 409 g/mol. The summed E-state index contributed by atoms with van der Waals surface area (Å²) in [5.74, 6) is 1.09. The van der Waals surface area contributed by atoms with Gasteiger partial charge in [-0.1, -0.05) is 26.0 Å². The number of carbonyl (C=O) groups is 1. The van der Waals surface area contributed by atoms with E-state index in [0.717, 1.165) is 27.1 Å². The van der Waals surface area contributed by atoms with Crippen molar-refractivity contribution in [2.75, 3.05) is 6.26 Å². The zero-order chi connectivity index (χ0) is 17.5. The summed E-state index contributed by atoms with van der Waals surface area (Å²) in [5.41, 5.74) is 2.13. The van der Waals surface area contributed by atoms with Crippen LogP contribution in [0.15, 0.2) is 45.8 Å². The monoisotopic (exact) mass is 408 g/mol. The van der Waals surface area contributed by atoms with Gasteiger partial charge in [0.15, 0.2) is 0 Å². The van der Waals surface area contributed by atoms with Gasteiger partial charge < -0.3 is 9.47 Å². The van der Waals surface area contributed by atoms with Crippen molar-refractivity contribution in [3.63, 3.8) is 0 Å². The lowest BCUT2D eigenvalue weighted by Gasteiger charge is -2.15. The van der Waals surface area contributed by atoms with E-state index >= 15 is 0 Å². The van der Waals surface area contributed by atoms with Crippen molar-refractivity contribution in [1.82, 2.24) is 0 Å². The summed E-state index contributed by atoms with van der Waals surface area (Å²) in [6, 6.07) is 11.8. The van der Waals surface area contributed by atoms with Crippen LogP contribution in [-0.2, 0) is 17.8 Å². The van der Waals surface area contributed by atoms with Gasteiger partial charge in [-0.3, -0.25) is 4.79 Å². The molecule has 2 aromatic rings. The standard InChI is InChI=1S/C19H21BrO3S/c1-4-13-9-10-17(15(20)11-13)22-12-14-16(23-19(21)5-2)7-6-8-18(14)24-3/h6-11H,4-5,12H2,1-3H3. The Hall–Kier alpha value is -1.46. The van der Waals surface area contributed by atoms with Crippen LogP contribution in [0, 0.1) is 0 Å². The topological polar surface area (TPSA) is 35.5 Å². The Kier molecular flexibility index (Phi) is 7.18. The maximum absolute atomic E-state index is 11.7. The molecule has 0 atom stereocenters. The number of esters is 1. The van der Waals surface area contributed by atoms with Gasteiger partial charge in [0.2, 0.25) is 0 Å². The van der Waals surface area contributed by atoms with Crippen LogP contribution >= 0.6 is 27.7 Å². The molecule has 0 amide bonds. The van der Waals surface area contributed by atoms with Gasteiger partial charge >= 0.3 is 5.97 Å². The number of thioether (sulfide) groups is 1. The number of rotatable bonds is 7. The highest BCUT2D eigenvalue weighted by Crippen LogP contribution is 2.32. The molecule has 0 radical (unpaired) electrons. The van der Waals surface area contributed by atoms with Gasteiger partial charge in [0.1, 0.15) is 18.1 Å². The highest BCUT2D eigenvalue weighted by Gasteiger charge is 2.13. The summed E-state index contributed by atoms with van der Waals surface area (Å²) in [5, 5.41) is 0. The Bertz CT molecular complexity index is 716. The maximum Gasteiger partial charge on any atom is 0.310 e. The lowest BCUT2D eigenvalue weighted by Crippen LogP contribution is -2.09. The first-order valence-corrected chi connectivity index (χ1v) is 9.88. The molecule has 0 heterocycles. The number of halogens is 1. The first kappa shape index (κ1) is 18.9. The third-order valence-electron chi connectivity index (χ3n) is 3.60. The lowest BCUT2D eigenvalue weighted by molar-refractivity contribution is -0.134. The average Bonchev–Trinajstić information content (AvgIpc) is 2.60. The summed E-state index contributed by atoms with van der Waals surface area (Å²) in [4.78, 5) is 12.7. The van der Waals surface area contributed by atoms with Crippen LogP contribution in [0.25, 0.3) is 0 Å². The van der Waals surface area contributed by atoms with Gasteiger partial charge in [-0.15, -0.1) is 11.8 Å². The third kappa shape index (κ3) is 4.77. The Labute approximate surface area is 155 Å². The minimum atomic E-state index is -0.247. The molecular formula is C19H21BrO3S. The fourth-order valence-electron chi connectivity index (χ4n) is 2.20. The SMILES string of the molecule is CCC(=O)Oc1cccc(SC)c1COc1ccc(CC)cc1Br. The van der Waals surface area contributed by atoms with Crippen LogP contribution in [0.4, 0.5) is 0 Å². The first-order valence-electron chi connectivity index (χ1n) is 7.86. The Balaban J connectivity index is 2.23. The van der Waals surface area contributed by atoms with Gasteiger partial charge in [-0.25, -0.2) is 0 Å². The molecular weight excluding hydrogens is 388 g/mol. The van der Waals surface area contributed by atoms with Crippen LogP contribution in [0.2, 0.25) is 0 Å².